The summed E-state index contributed by atoms with van der Waals surface area (Å²) in [7, 11) is 0. The van der Waals surface area contributed by atoms with Crippen molar-refractivity contribution in [3.63, 3.8) is 0 Å². The molecule has 0 saturated carbocycles. The van der Waals surface area contributed by atoms with Gasteiger partial charge >= 0.3 is 12.4 Å². The lowest BCUT2D eigenvalue weighted by Gasteiger charge is -2.08. The number of carbonyl (C=O) groups is 1. The van der Waals surface area contributed by atoms with E-state index in [0.29, 0.717) is 6.07 Å². The number of hydrogen-bond acceptors (Lipinski definition) is 3. The number of aromatic amines is 1. The second-order valence-corrected chi connectivity index (χ2v) is 4.04. The first kappa shape index (κ1) is 15.8. The van der Waals surface area contributed by atoms with Crippen LogP contribution in [0, 0.1) is 0 Å². The highest BCUT2D eigenvalue weighted by Crippen LogP contribution is 2.30. The molecule has 0 aliphatic rings. The van der Waals surface area contributed by atoms with Crippen molar-refractivity contribution < 1.29 is 31.1 Å². The molecule has 2 N–H and O–H groups in total. The van der Waals surface area contributed by atoms with Gasteiger partial charge in [0.25, 0.3) is 5.91 Å². The highest BCUT2D eigenvalue weighted by molar-refractivity contribution is 6.03. The largest absolute Gasteiger partial charge is 0.451 e. The smallest absolute Gasteiger partial charge is 0.289 e. The fourth-order valence-electron chi connectivity index (χ4n) is 1.45. The van der Waals surface area contributed by atoms with Crippen LogP contribution in [0.15, 0.2) is 24.3 Å². The lowest BCUT2D eigenvalue weighted by Crippen LogP contribution is -2.15. The third-order valence-corrected chi connectivity index (χ3v) is 2.43. The molecule has 5 nitrogen and oxygen atoms in total. The number of nitrogens with zero attached hydrogens (tertiary/aromatic N) is 2. The van der Waals surface area contributed by atoms with Gasteiger partial charge in [0.05, 0.1) is 5.56 Å². The van der Waals surface area contributed by atoms with Gasteiger partial charge in [-0.15, -0.1) is 5.10 Å². The van der Waals surface area contributed by atoms with Gasteiger partial charge in [-0.1, -0.05) is 6.07 Å². The Labute approximate surface area is 118 Å². The normalized spacial score (nSPS) is 12.3. The van der Waals surface area contributed by atoms with Gasteiger partial charge in [-0.2, -0.15) is 31.3 Å². The maximum absolute atomic E-state index is 12.5. The Kier molecular flexibility index (Phi) is 3.81. The molecule has 1 aromatic heterocycles. The SMILES string of the molecule is O=C(Nc1n[nH]c(C(F)(F)F)n1)c1cccc(C(F)(F)F)c1. The van der Waals surface area contributed by atoms with E-state index in [9.17, 15) is 31.1 Å². The van der Waals surface area contributed by atoms with Gasteiger partial charge in [0.15, 0.2) is 0 Å². The van der Waals surface area contributed by atoms with Crippen molar-refractivity contribution in [1.82, 2.24) is 15.2 Å². The molecule has 118 valence electrons. The minimum atomic E-state index is -4.79. The molecule has 1 aromatic carbocycles. The van der Waals surface area contributed by atoms with Crippen LogP contribution in [0.4, 0.5) is 32.3 Å². The number of halogens is 6. The summed E-state index contributed by atoms with van der Waals surface area (Å²) in [5, 5.41) is 6.54. The summed E-state index contributed by atoms with van der Waals surface area (Å²) in [6, 6.07) is 3.39. The second kappa shape index (κ2) is 5.31. The summed E-state index contributed by atoms with van der Waals surface area (Å²) in [6.07, 6.45) is -9.43. The fourth-order valence-corrected chi connectivity index (χ4v) is 1.45. The maximum atomic E-state index is 12.5. The summed E-state index contributed by atoms with van der Waals surface area (Å²) in [5.41, 5.74) is -1.46. The van der Waals surface area contributed by atoms with E-state index in [0.717, 1.165) is 18.2 Å². The number of rotatable bonds is 2. The molecular weight excluding hydrogens is 318 g/mol. The minimum Gasteiger partial charge on any atom is -0.289 e. The Morgan fingerprint density at radius 1 is 1.09 bits per heavy atom. The standard InChI is InChI=1S/C11H6F6N4O/c12-10(13,14)6-3-1-2-5(4-6)7(22)18-9-19-8(20-21-9)11(15,16)17/h1-4H,(H2,18,19,20,21,22). The maximum Gasteiger partial charge on any atom is 0.451 e. The molecule has 1 heterocycles. The topological polar surface area (TPSA) is 70.7 Å². The van der Waals surface area contributed by atoms with Gasteiger partial charge in [-0.05, 0) is 18.2 Å². The molecule has 0 spiro atoms. The Morgan fingerprint density at radius 3 is 2.32 bits per heavy atom. The Balaban J connectivity index is 2.18. The predicted octanol–water partition coefficient (Wildman–Crippen LogP) is 3.09. The van der Waals surface area contributed by atoms with Gasteiger partial charge in [0.2, 0.25) is 11.8 Å². The number of nitrogens with one attached hydrogen (secondary N) is 2. The van der Waals surface area contributed by atoms with Crippen LogP contribution < -0.4 is 5.32 Å². The first-order chi connectivity index (χ1) is 10.1. The van der Waals surface area contributed by atoms with E-state index >= 15 is 0 Å². The molecule has 0 aliphatic carbocycles. The van der Waals surface area contributed by atoms with Crippen LogP contribution in [0.3, 0.4) is 0 Å². The third-order valence-electron chi connectivity index (χ3n) is 2.43. The molecule has 0 radical (unpaired) electrons. The molecule has 11 heteroatoms. The number of carbonyl (C=O) groups excluding carboxylic acids is 1. The van der Waals surface area contributed by atoms with Crippen LogP contribution in [0.25, 0.3) is 0 Å². The fraction of sp³-hybridized carbons (Fsp3) is 0.182. The van der Waals surface area contributed by atoms with E-state index in [4.69, 9.17) is 0 Å². The average Bonchev–Trinajstić information content (AvgIpc) is 2.86. The van der Waals surface area contributed by atoms with Crippen LogP contribution in [-0.2, 0) is 12.4 Å². The molecule has 0 aliphatic heterocycles. The van der Waals surface area contributed by atoms with E-state index in [1.807, 2.05) is 5.32 Å². The third kappa shape index (κ3) is 3.54. The van der Waals surface area contributed by atoms with E-state index < -0.39 is 41.2 Å². The monoisotopic (exact) mass is 324 g/mol. The van der Waals surface area contributed by atoms with Crippen LogP contribution in [0.2, 0.25) is 0 Å². The number of hydrogen-bond donors (Lipinski definition) is 2. The number of alkyl halides is 6. The van der Waals surface area contributed by atoms with Gasteiger partial charge in [-0.3, -0.25) is 15.2 Å². The molecule has 22 heavy (non-hydrogen) atoms. The van der Waals surface area contributed by atoms with Crippen LogP contribution >= 0.6 is 0 Å². The quantitative estimate of drug-likeness (QED) is 0.834. The number of anilines is 1. The molecule has 0 atom stereocenters. The molecule has 0 fully saturated rings. The van der Waals surface area contributed by atoms with Crippen LogP contribution in [0.5, 0.6) is 0 Å². The summed E-state index contributed by atoms with van der Waals surface area (Å²) < 4.78 is 74.3. The van der Waals surface area contributed by atoms with Crippen molar-refractivity contribution in [1.29, 1.82) is 0 Å². The summed E-state index contributed by atoms with van der Waals surface area (Å²) >= 11 is 0. The number of benzene rings is 1. The first-order valence-electron chi connectivity index (χ1n) is 5.55. The van der Waals surface area contributed by atoms with E-state index in [1.165, 1.54) is 0 Å². The van der Waals surface area contributed by atoms with Crippen LogP contribution in [0.1, 0.15) is 21.7 Å². The average molecular weight is 324 g/mol. The Morgan fingerprint density at radius 2 is 1.77 bits per heavy atom. The van der Waals surface area contributed by atoms with Crippen molar-refractivity contribution in [2.24, 2.45) is 0 Å². The minimum absolute atomic E-state index is 0.395. The number of amides is 1. The molecular formula is C11H6F6N4O. The van der Waals surface area contributed by atoms with Gasteiger partial charge in [0, 0.05) is 5.56 Å². The van der Waals surface area contributed by atoms with Crippen molar-refractivity contribution in [3.8, 4) is 0 Å². The Hall–Kier alpha value is -2.59. The molecule has 1 amide bonds. The highest BCUT2D eigenvalue weighted by atomic mass is 19.4. The molecule has 0 bridgehead atoms. The van der Waals surface area contributed by atoms with Crippen molar-refractivity contribution in [2.45, 2.75) is 12.4 Å². The van der Waals surface area contributed by atoms with Gasteiger partial charge < -0.3 is 0 Å². The van der Waals surface area contributed by atoms with E-state index in [2.05, 4.69) is 10.1 Å². The highest BCUT2D eigenvalue weighted by Gasteiger charge is 2.35. The first-order valence-corrected chi connectivity index (χ1v) is 5.55. The summed E-state index contributed by atoms with van der Waals surface area (Å²) in [5.74, 6) is -3.21. The summed E-state index contributed by atoms with van der Waals surface area (Å²) in [6.45, 7) is 0. The molecule has 2 rings (SSSR count). The van der Waals surface area contributed by atoms with Crippen molar-refractivity contribution >= 4 is 11.9 Å². The number of aromatic nitrogens is 3. The lowest BCUT2D eigenvalue weighted by atomic mass is 10.1. The zero-order valence-corrected chi connectivity index (χ0v) is 10.4. The van der Waals surface area contributed by atoms with Gasteiger partial charge in [0.1, 0.15) is 0 Å². The lowest BCUT2D eigenvalue weighted by molar-refractivity contribution is -0.144. The zero-order valence-electron chi connectivity index (χ0n) is 10.4. The van der Waals surface area contributed by atoms with Crippen molar-refractivity contribution in [3.05, 3.63) is 41.2 Å². The van der Waals surface area contributed by atoms with E-state index in [1.54, 1.807) is 5.10 Å². The zero-order chi connectivity index (χ0) is 16.5. The molecule has 0 unspecified atom stereocenters. The molecule has 0 saturated heterocycles. The number of H-pyrrole nitrogens is 1. The van der Waals surface area contributed by atoms with E-state index in [-0.39, 0.29) is 0 Å². The predicted molar refractivity (Wildman–Crippen MR) is 60.8 cm³/mol. The second-order valence-electron chi connectivity index (χ2n) is 4.04. The molecule has 2 aromatic rings. The Bertz CT molecular complexity index is 690. The van der Waals surface area contributed by atoms with Crippen molar-refractivity contribution in [2.75, 3.05) is 5.32 Å². The van der Waals surface area contributed by atoms with Gasteiger partial charge in [-0.25, -0.2) is 0 Å². The summed E-state index contributed by atoms with van der Waals surface area (Å²) in [4.78, 5) is 14.7. The van der Waals surface area contributed by atoms with Crippen LogP contribution in [-0.4, -0.2) is 21.1 Å².